The van der Waals surface area contributed by atoms with E-state index in [0.717, 1.165) is 16.6 Å². The number of hydrogen-bond acceptors (Lipinski definition) is 2. The first-order valence-electron chi connectivity index (χ1n) is 6.64. The van der Waals surface area contributed by atoms with Crippen molar-refractivity contribution in [2.75, 3.05) is 0 Å². The van der Waals surface area contributed by atoms with Gasteiger partial charge in [-0.1, -0.05) is 18.2 Å². The molecule has 3 aromatic rings. The topological polar surface area (TPSA) is 29.3 Å². The third-order valence-corrected chi connectivity index (χ3v) is 3.45. The van der Waals surface area contributed by atoms with Crippen LogP contribution in [-0.4, -0.2) is 9.61 Å². The second kappa shape index (κ2) is 5.43. The third-order valence-electron chi connectivity index (χ3n) is 3.45. The molecule has 1 atom stereocenters. The lowest BCUT2D eigenvalue weighted by molar-refractivity contribution is 0.566. The molecule has 1 N–H and O–H groups in total. The number of rotatable bonds is 4. The average molecular weight is 269 g/mol. The van der Waals surface area contributed by atoms with Crippen LogP contribution in [0.2, 0.25) is 0 Å². The first-order chi connectivity index (χ1) is 9.74. The van der Waals surface area contributed by atoms with Crippen molar-refractivity contribution >= 4 is 5.52 Å². The highest BCUT2D eigenvalue weighted by atomic mass is 19.1. The molecule has 1 aromatic carbocycles. The molecule has 102 valence electrons. The molecule has 0 saturated heterocycles. The second-order valence-corrected chi connectivity index (χ2v) is 4.86. The van der Waals surface area contributed by atoms with E-state index < -0.39 is 0 Å². The molecule has 0 unspecified atom stereocenters. The fourth-order valence-corrected chi connectivity index (χ4v) is 2.28. The molecule has 20 heavy (non-hydrogen) atoms. The zero-order chi connectivity index (χ0) is 13.9. The Bertz CT molecular complexity index is 720. The van der Waals surface area contributed by atoms with Gasteiger partial charge in [-0.15, -0.1) is 0 Å². The normalized spacial score (nSPS) is 12.7. The molecule has 0 radical (unpaired) electrons. The van der Waals surface area contributed by atoms with Gasteiger partial charge in [-0.2, -0.15) is 5.10 Å². The van der Waals surface area contributed by atoms with Gasteiger partial charge in [0.25, 0.3) is 0 Å². The van der Waals surface area contributed by atoms with Gasteiger partial charge in [0.05, 0.1) is 11.7 Å². The highest BCUT2D eigenvalue weighted by Gasteiger charge is 2.08. The summed E-state index contributed by atoms with van der Waals surface area (Å²) in [4.78, 5) is 0. The number of halogens is 1. The number of aromatic nitrogens is 2. The number of fused-ring (bicyclic) bond motifs is 1. The average Bonchev–Trinajstić information content (AvgIpc) is 2.88. The summed E-state index contributed by atoms with van der Waals surface area (Å²) in [6.45, 7) is 2.73. The van der Waals surface area contributed by atoms with Crippen molar-refractivity contribution in [3.8, 4) is 0 Å². The smallest absolute Gasteiger partial charge is 0.123 e. The summed E-state index contributed by atoms with van der Waals surface area (Å²) in [5.74, 6) is -0.202. The van der Waals surface area contributed by atoms with Crippen LogP contribution < -0.4 is 5.32 Å². The maximum Gasteiger partial charge on any atom is 0.123 e. The lowest BCUT2D eigenvalue weighted by atomic mass is 10.1. The highest BCUT2D eigenvalue weighted by molar-refractivity contribution is 5.53. The van der Waals surface area contributed by atoms with E-state index in [-0.39, 0.29) is 11.9 Å². The Labute approximate surface area is 117 Å². The first-order valence-corrected chi connectivity index (χ1v) is 6.64. The van der Waals surface area contributed by atoms with Gasteiger partial charge >= 0.3 is 0 Å². The van der Waals surface area contributed by atoms with Crippen LogP contribution in [0, 0.1) is 5.82 Å². The Hall–Kier alpha value is -2.20. The summed E-state index contributed by atoms with van der Waals surface area (Å²) in [5.41, 5.74) is 3.17. The number of nitrogens with one attached hydrogen (secondary N) is 1. The van der Waals surface area contributed by atoms with Crippen LogP contribution in [0.3, 0.4) is 0 Å². The molecule has 2 aromatic heterocycles. The zero-order valence-corrected chi connectivity index (χ0v) is 11.3. The van der Waals surface area contributed by atoms with Crippen molar-refractivity contribution < 1.29 is 4.39 Å². The molecule has 0 aliphatic carbocycles. The van der Waals surface area contributed by atoms with Crippen LogP contribution in [0.15, 0.2) is 54.9 Å². The van der Waals surface area contributed by atoms with Gasteiger partial charge < -0.3 is 5.32 Å². The van der Waals surface area contributed by atoms with Crippen molar-refractivity contribution in [3.63, 3.8) is 0 Å². The predicted molar refractivity (Wildman–Crippen MR) is 76.8 cm³/mol. The van der Waals surface area contributed by atoms with E-state index in [1.807, 2.05) is 48.1 Å². The fraction of sp³-hybridized carbons (Fsp3) is 0.188. The van der Waals surface area contributed by atoms with E-state index in [1.54, 1.807) is 12.1 Å². The Balaban J connectivity index is 1.73. The van der Waals surface area contributed by atoms with Gasteiger partial charge in [0, 0.05) is 24.3 Å². The Morgan fingerprint density at radius 2 is 2.15 bits per heavy atom. The third kappa shape index (κ3) is 2.56. The summed E-state index contributed by atoms with van der Waals surface area (Å²) < 4.78 is 15.1. The van der Waals surface area contributed by atoms with Gasteiger partial charge in [0.1, 0.15) is 5.82 Å². The Kier molecular flexibility index (Phi) is 3.48. The standard InChI is InChI=1S/C16H16FN3/c1-12(13-5-4-6-15(17)9-13)18-10-14-11-19-20-8-3-2-7-16(14)20/h2-9,11-12,18H,10H2,1H3/t12-/m1/s1. The van der Waals surface area contributed by atoms with Crippen LogP contribution in [0.25, 0.3) is 5.52 Å². The minimum Gasteiger partial charge on any atom is -0.306 e. The molecule has 2 heterocycles. The van der Waals surface area contributed by atoms with Crippen molar-refractivity contribution in [1.82, 2.24) is 14.9 Å². The maximum atomic E-state index is 13.2. The molecular formula is C16H16FN3. The first kappa shape index (κ1) is 12.8. The van der Waals surface area contributed by atoms with Gasteiger partial charge in [0.15, 0.2) is 0 Å². The van der Waals surface area contributed by atoms with E-state index in [0.29, 0.717) is 6.54 Å². The number of benzene rings is 1. The molecule has 4 heteroatoms. The summed E-state index contributed by atoms with van der Waals surface area (Å²) in [6, 6.07) is 12.8. The lowest BCUT2D eigenvalue weighted by Crippen LogP contribution is -2.18. The number of pyridine rings is 1. The van der Waals surface area contributed by atoms with Crippen LogP contribution in [0.4, 0.5) is 4.39 Å². The van der Waals surface area contributed by atoms with Crippen LogP contribution in [0.1, 0.15) is 24.1 Å². The minimum atomic E-state index is -0.202. The predicted octanol–water partition coefficient (Wildman–Crippen LogP) is 3.32. The molecule has 0 saturated carbocycles. The molecule has 0 spiro atoms. The number of nitrogens with zero attached hydrogens (tertiary/aromatic N) is 2. The monoisotopic (exact) mass is 269 g/mol. The molecular weight excluding hydrogens is 253 g/mol. The molecule has 3 nitrogen and oxygen atoms in total. The van der Waals surface area contributed by atoms with Crippen LogP contribution in [0.5, 0.6) is 0 Å². The van der Waals surface area contributed by atoms with Crippen molar-refractivity contribution in [2.24, 2.45) is 0 Å². The molecule has 0 amide bonds. The van der Waals surface area contributed by atoms with Gasteiger partial charge in [-0.05, 0) is 36.8 Å². The quantitative estimate of drug-likeness (QED) is 0.787. The van der Waals surface area contributed by atoms with E-state index in [9.17, 15) is 4.39 Å². The zero-order valence-electron chi connectivity index (χ0n) is 11.3. The van der Waals surface area contributed by atoms with Crippen molar-refractivity contribution in [2.45, 2.75) is 19.5 Å². The van der Waals surface area contributed by atoms with Crippen LogP contribution >= 0.6 is 0 Å². The molecule has 0 aliphatic rings. The minimum absolute atomic E-state index is 0.0874. The molecule has 0 bridgehead atoms. The summed E-state index contributed by atoms with van der Waals surface area (Å²) >= 11 is 0. The highest BCUT2D eigenvalue weighted by Crippen LogP contribution is 2.16. The summed E-state index contributed by atoms with van der Waals surface area (Å²) in [7, 11) is 0. The Morgan fingerprint density at radius 1 is 1.25 bits per heavy atom. The van der Waals surface area contributed by atoms with Crippen molar-refractivity contribution in [1.29, 1.82) is 0 Å². The van der Waals surface area contributed by atoms with E-state index in [2.05, 4.69) is 10.4 Å². The largest absolute Gasteiger partial charge is 0.306 e. The van der Waals surface area contributed by atoms with Gasteiger partial charge in [-0.3, -0.25) is 0 Å². The van der Waals surface area contributed by atoms with Crippen molar-refractivity contribution in [3.05, 3.63) is 71.8 Å². The maximum absolute atomic E-state index is 13.2. The van der Waals surface area contributed by atoms with Gasteiger partial charge in [-0.25, -0.2) is 8.91 Å². The molecule has 0 fully saturated rings. The summed E-state index contributed by atoms with van der Waals surface area (Å²) in [6.07, 6.45) is 3.79. The SMILES string of the molecule is C[C@@H](NCc1cnn2ccccc12)c1cccc(F)c1. The Morgan fingerprint density at radius 3 is 3.00 bits per heavy atom. The van der Waals surface area contributed by atoms with E-state index >= 15 is 0 Å². The molecule has 3 rings (SSSR count). The molecule has 0 aliphatic heterocycles. The summed E-state index contributed by atoms with van der Waals surface area (Å²) in [5, 5.41) is 7.70. The van der Waals surface area contributed by atoms with E-state index in [1.165, 1.54) is 6.07 Å². The fourth-order valence-electron chi connectivity index (χ4n) is 2.28. The van der Waals surface area contributed by atoms with E-state index in [4.69, 9.17) is 0 Å². The lowest BCUT2D eigenvalue weighted by Gasteiger charge is -2.13. The van der Waals surface area contributed by atoms with Crippen LogP contribution in [-0.2, 0) is 6.54 Å². The number of hydrogen-bond donors (Lipinski definition) is 1. The van der Waals surface area contributed by atoms with Gasteiger partial charge in [0.2, 0.25) is 0 Å². The second-order valence-electron chi connectivity index (χ2n) is 4.86.